The van der Waals surface area contributed by atoms with E-state index in [0.717, 1.165) is 49.4 Å². The van der Waals surface area contributed by atoms with E-state index < -0.39 is 16.1 Å². The maximum atomic E-state index is 13.2. The van der Waals surface area contributed by atoms with Crippen LogP contribution in [0.15, 0.2) is 53.4 Å². The number of amides is 1. The minimum Gasteiger partial charge on any atom is -0.490 e. The van der Waals surface area contributed by atoms with Crippen LogP contribution in [0.1, 0.15) is 43.2 Å². The zero-order valence-electron chi connectivity index (χ0n) is 22.6. The van der Waals surface area contributed by atoms with Crippen molar-refractivity contribution in [3.05, 3.63) is 64.7 Å². The molecule has 2 heterocycles. The molecule has 214 valence electrons. The molecule has 1 amide bonds. The number of anilines is 1. The maximum Gasteiger partial charge on any atom is 0.421 e. The van der Waals surface area contributed by atoms with E-state index in [-0.39, 0.29) is 23.0 Å². The Morgan fingerprint density at radius 2 is 2.02 bits per heavy atom. The molecule has 10 heteroatoms. The average molecular weight is 587 g/mol. The minimum atomic E-state index is -4.14. The largest absolute Gasteiger partial charge is 0.490 e. The van der Waals surface area contributed by atoms with Gasteiger partial charge in [-0.2, -0.15) is 0 Å². The van der Waals surface area contributed by atoms with Crippen molar-refractivity contribution in [1.82, 2.24) is 4.72 Å². The summed E-state index contributed by atoms with van der Waals surface area (Å²) < 4.78 is 45.9. The molecule has 1 N–H and O–H groups in total. The highest BCUT2D eigenvalue weighted by molar-refractivity contribution is 7.90. The van der Waals surface area contributed by atoms with Gasteiger partial charge in [0.2, 0.25) is 0 Å². The van der Waals surface area contributed by atoms with E-state index in [0.29, 0.717) is 37.2 Å². The van der Waals surface area contributed by atoms with Gasteiger partial charge in [-0.15, -0.1) is 0 Å². The van der Waals surface area contributed by atoms with Crippen LogP contribution in [0.3, 0.4) is 0 Å². The third kappa shape index (κ3) is 5.19. The standard InChI is InChI=1S/C30H35ClN2O6S/c1-37-27-6-2-3-14-38-29(34)32-40(35,36)23-9-12-28-26(16-23)33(17-21-7-10-24(21)27)18-30(19-39-28)13-4-5-20-15-22(31)8-11-25(20)30/h2,6,8-9,11-12,15-16,21,24,27H,3-5,7,10,13-14,17-19H2,1H3,(H,32,34)/b6-2+/t21-,24+,27+,30-/m0/s1. The van der Waals surface area contributed by atoms with Gasteiger partial charge in [0.25, 0.3) is 10.0 Å². The second-order valence-electron chi connectivity index (χ2n) is 11.4. The Bertz CT molecular complexity index is 1430. The van der Waals surface area contributed by atoms with E-state index in [1.165, 1.54) is 17.2 Å². The molecular weight excluding hydrogens is 552 g/mol. The summed E-state index contributed by atoms with van der Waals surface area (Å²) in [6.07, 6.45) is 8.50. The van der Waals surface area contributed by atoms with Crippen molar-refractivity contribution in [2.24, 2.45) is 11.8 Å². The first-order valence-electron chi connectivity index (χ1n) is 14.0. The van der Waals surface area contributed by atoms with E-state index in [2.05, 4.69) is 17.0 Å². The van der Waals surface area contributed by atoms with E-state index in [4.69, 9.17) is 25.8 Å². The average Bonchev–Trinajstić information content (AvgIpc) is 3.06. The van der Waals surface area contributed by atoms with Crippen LogP contribution in [0, 0.1) is 11.8 Å². The Morgan fingerprint density at radius 1 is 1.15 bits per heavy atom. The van der Waals surface area contributed by atoms with Crippen LogP contribution in [0.5, 0.6) is 5.75 Å². The number of benzene rings is 2. The second-order valence-corrected chi connectivity index (χ2v) is 13.5. The van der Waals surface area contributed by atoms with Gasteiger partial charge in [-0.25, -0.2) is 17.9 Å². The molecule has 2 bridgehead atoms. The molecule has 0 unspecified atom stereocenters. The molecule has 1 saturated carbocycles. The number of hydrogen-bond acceptors (Lipinski definition) is 7. The van der Waals surface area contributed by atoms with Gasteiger partial charge in [-0.05, 0) is 91.8 Å². The van der Waals surface area contributed by atoms with E-state index in [9.17, 15) is 13.2 Å². The predicted molar refractivity (Wildman–Crippen MR) is 153 cm³/mol. The Kier molecular flexibility index (Phi) is 7.48. The number of ether oxygens (including phenoxy) is 3. The smallest absolute Gasteiger partial charge is 0.421 e. The van der Waals surface area contributed by atoms with Crippen LogP contribution in [0.25, 0.3) is 0 Å². The van der Waals surface area contributed by atoms with E-state index in [1.807, 2.05) is 22.9 Å². The van der Waals surface area contributed by atoms with Gasteiger partial charge in [0, 0.05) is 30.6 Å². The van der Waals surface area contributed by atoms with Gasteiger partial charge in [-0.1, -0.05) is 29.8 Å². The topological polar surface area (TPSA) is 94.2 Å². The number of carbonyl (C=O) groups excluding carboxylic acids is 1. The molecule has 0 radical (unpaired) electrons. The fourth-order valence-corrected chi connectivity index (χ4v) is 7.95. The molecule has 2 aliphatic heterocycles. The molecule has 1 spiro atoms. The predicted octanol–water partition coefficient (Wildman–Crippen LogP) is 5.23. The number of fused-ring (bicyclic) bond motifs is 4. The van der Waals surface area contributed by atoms with Crippen LogP contribution in [0.4, 0.5) is 10.5 Å². The molecule has 6 rings (SSSR count). The number of aryl methyl sites for hydroxylation is 1. The lowest BCUT2D eigenvalue weighted by Crippen LogP contribution is -2.49. The summed E-state index contributed by atoms with van der Waals surface area (Å²) in [5.41, 5.74) is 2.96. The SMILES string of the molecule is CO[C@@H]1/C=C/CCOC(=O)NS(=O)(=O)c2ccc3c(c2)N(C[C@@H]2CC[C@H]21)C[C@@]1(CCCc2cc(Cl)ccc21)CO3. The lowest BCUT2D eigenvalue weighted by atomic mass is 9.68. The Labute approximate surface area is 240 Å². The summed E-state index contributed by atoms with van der Waals surface area (Å²) in [7, 11) is -2.41. The summed E-state index contributed by atoms with van der Waals surface area (Å²) >= 11 is 6.37. The molecule has 40 heavy (non-hydrogen) atoms. The molecule has 4 aliphatic rings. The van der Waals surface area contributed by atoms with Crippen molar-refractivity contribution in [3.8, 4) is 5.75 Å². The van der Waals surface area contributed by atoms with Gasteiger partial charge < -0.3 is 19.1 Å². The summed E-state index contributed by atoms with van der Waals surface area (Å²) in [6, 6.07) is 11.0. The van der Waals surface area contributed by atoms with Gasteiger partial charge in [0.1, 0.15) is 5.75 Å². The molecule has 1 fully saturated rings. The van der Waals surface area contributed by atoms with Gasteiger partial charge in [0.15, 0.2) is 0 Å². The highest BCUT2D eigenvalue weighted by atomic mass is 35.5. The van der Waals surface area contributed by atoms with Crippen LogP contribution < -0.4 is 14.4 Å². The number of rotatable bonds is 1. The molecule has 0 saturated heterocycles. The van der Waals surface area contributed by atoms with Crippen molar-refractivity contribution >= 4 is 33.4 Å². The van der Waals surface area contributed by atoms with Crippen LogP contribution >= 0.6 is 11.6 Å². The summed E-state index contributed by atoms with van der Waals surface area (Å²) in [6.45, 7) is 1.99. The van der Waals surface area contributed by atoms with Crippen LogP contribution in [-0.2, 0) is 31.3 Å². The number of sulfonamides is 1. The number of nitrogens with zero attached hydrogens (tertiary/aromatic N) is 1. The third-order valence-electron chi connectivity index (χ3n) is 9.01. The monoisotopic (exact) mass is 586 g/mol. The van der Waals surface area contributed by atoms with E-state index >= 15 is 0 Å². The molecule has 2 aliphatic carbocycles. The van der Waals surface area contributed by atoms with Gasteiger partial charge in [0.05, 0.1) is 29.9 Å². The maximum absolute atomic E-state index is 13.2. The van der Waals surface area contributed by atoms with Crippen molar-refractivity contribution in [1.29, 1.82) is 0 Å². The number of halogens is 1. The zero-order valence-corrected chi connectivity index (χ0v) is 24.2. The van der Waals surface area contributed by atoms with E-state index in [1.54, 1.807) is 19.2 Å². The summed E-state index contributed by atoms with van der Waals surface area (Å²) in [5, 5.41) is 0.732. The molecule has 8 nitrogen and oxygen atoms in total. The zero-order chi connectivity index (χ0) is 27.9. The van der Waals surface area contributed by atoms with Crippen LogP contribution in [-0.4, -0.2) is 54.0 Å². The highest BCUT2D eigenvalue weighted by Gasteiger charge is 2.44. The number of cyclic esters (lactones) is 1. The number of carbonyl (C=O) groups is 1. The molecule has 0 aromatic heterocycles. The summed E-state index contributed by atoms with van der Waals surface area (Å²) in [4.78, 5) is 14.6. The van der Waals surface area contributed by atoms with Crippen molar-refractivity contribution in [3.63, 3.8) is 0 Å². The van der Waals surface area contributed by atoms with Gasteiger partial charge in [-0.3, -0.25) is 0 Å². The lowest BCUT2D eigenvalue weighted by molar-refractivity contribution is 0.0131. The Balaban J connectivity index is 1.43. The Hall–Kier alpha value is -2.75. The minimum absolute atomic E-state index is 0.00417. The third-order valence-corrected chi connectivity index (χ3v) is 10.6. The van der Waals surface area contributed by atoms with Crippen LogP contribution in [0.2, 0.25) is 5.02 Å². The number of nitrogens with one attached hydrogen (secondary N) is 1. The van der Waals surface area contributed by atoms with Crippen molar-refractivity contribution in [2.75, 3.05) is 38.3 Å². The second kappa shape index (κ2) is 10.9. The lowest BCUT2D eigenvalue weighted by Gasteiger charge is -2.46. The number of hydrogen-bond donors (Lipinski definition) is 1. The first-order valence-corrected chi connectivity index (χ1v) is 15.8. The molecule has 2 aromatic carbocycles. The fraction of sp³-hybridized carbons (Fsp3) is 0.500. The fourth-order valence-electron chi connectivity index (χ4n) is 6.84. The number of methoxy groups -OCH3 is 1. The quantitative estimate of drug-likeness (QED) is 0.457. The molecule has 2 aromatic rings. The Morgan fingerprint density at radius 3 is 2.83 bits per heavy atom. The van der Waals surface area contributed by atoms with Gasteiger partial charge >= 0.3 is 6.09 Å². The molecule has 4 atom stereocenters. The highest BCUT2D eigenvalue weighted by Crippen LogP contribution is 2.47. The molecular formula is C30H35ClN2O6S. The summed E-state index contributed by atoms with van der Waals surface area (Å²) in [5.74, 6) is 1.35. The van der Waals surface area contributed by atoms with Crippen molar-refractivity contribution < 1.29 is 27.4 Å². The van der Waals surface area contributed by atoms with Crippen molar-refractivity contribution in [2.45, 2.75) is 54.9 Å². The first-order chi connectivity index (χ1) is 19.3. The first kappa shape index (κ1) is 27.4. The normalized spacial score (nSPS) is 30.4.